The van der Waals surface area contributed by atoms with Gasteiger partial charge >= 0.3 is 0 Å². The Morgan fingerprint density at radius 2 is 1.76 bits per heavy atom. The van der Waals surface area contributed by atoms with Crippen LogP contribution in [0, 0.1) is 33.5 Å². The van der Waals surface area contributed by atoms with E-state index in [0.717, 1.165) is 5.92 Å². The molecule has 4 bridgehead atoms. The summed E-state index contributed by atoms with van der Waals surface area (Å²) in [5.41, 5.74) is 1.25. The quantitative estimate of drug-likeness (QED) is 0.744. The standard InChI is InChI=1S/C15H23NO/c1-13-3-11-4-14(2,8-13)10-15(5-11,9-13)6-12(17)7-16/h11-12,17H,3-6,8-10H2,1-2H3/t11?,12?,13-,14+,15?. The monoisotopic (exact) mass is 233 g/mol. The van der Waals surface area contributed by atoms with Crippen molar-refractivity contribution in [1.82, 2.24) is 0 Å². The Balaban J connectivity index is 1.90. The van der Waals surface area contributed by atoms with Gasteiger partial charge in [0.05, 0.1) is 6.07 Å². The minimum absolute atomic E-state index is 0.276. The molecule has 0 saturated heterocycles. The minimum Gasteiger partial charge on any atom is -0.378 e. The molecule has 4 saturated carbocycles. The Kier molecular flexibility index (Phi) is 2.21. The highest BCUT2D eigenvalue weighted by Gasteiger charge is 2.60. The second-order valence-electron chi connectivity index (χ2n) is 7.98. The van der Waals surface area contributed by atoms with Crippen molar-refractivity contribution in [3.8, 4) is 6.07 Å². The molecular formula is C15H23NO. The average molecular weight is 233 g/mol. The molecule has 0 aromatic heterocycles. The van der Waals surface area contributed by atoms with Gasteiger partial charge < -0.3 is 5.11 Å². The largest absolute Gasteiger partial charge is 0.378 e. The van der Waals surface area contributed by atoms with Gasteiger partial charge in [0.25, 0.3) is 0 Å². The molecular weight excluding hydrogens is 210 g/mol. The fraction of sp³-hybridized carbons (Fsp3) is 0.933. The van der Waals surface area contributed by atoms with Crippen molar-refractivity contribution in [2.24, 2.45) is 22.2 Å². The Morgan fingerprint density at radius 3 is 2.24 bits per heavy atom. The van der Waals surface area contributed by atoms with E-state index in [1.54, 1.807) is 0 Å². The van der Waals surface area contributed by atoms with Crippen LogP contribution >= 0.6 is 0 Å². The first-order chi connectivity index (χ1) is 7.86. The van der Waals surface area contributed by atoms with Gasteiger partial charge in [-0.3, -0.25) is 0 Å². The first-order valence-electron chi connectivity index (χ1n) is 6.94. The van der Waals surface area contributed by atoms with Gasteiger partial charge in [-0.15, -0.1) is 0 Å². The summed E-state index contributed by atoms with van der Waals surface area (Å²) >= 11 is 0. The fourth-order valence-corrected chi connectivity index (χ4v) is 6.37. The van der Waals surface area contributed by atoms with Crippen LogP contribution < -0.4 is 0 Å². The Hall–Kier alpha value is -0.550. The van der Waals surface area contributed by atoms with Gasteiger partial charge in [-0.2, -0.15) is 5.26 Å². The van der Waals surface area contributed by atoms with Crippen molar-refractivity contribution in [3.05, 3.63) is 0 Å². The molecule has 3 unspecified atom stereocenters. The van der Waals surface area contributed by atoms with Gasteiger partial charge in [0, 0.05) is 0 Å². The second-order valence-corrected chi connectivity index (χ2v) is 7.98. The van der Waals surface area contributed by atoms with Gasteiger partial charge in [0.15, 0.2) is 0 Å². The molecule has 0 amide bonds. The summed E-state index contributed by atoms with van der Waals surface area (Å²) in [7, 11) is 0. The Labute approximate surface area is 104 Å². The van der Waals surface area contributed by atoms with E-state index in [2.05, 4.69) is 13.8 Å². The van der Waals surface area contributed by atoms with Crippen LogP contribution in [-0.2, 0) is 0 Å². The number of hydrogen-bond acceptors (Lipinski definition) is 2. The normalized spacial score (nSPS) is 53.4. The molecule has 4 rings (SSSR count). The molecule has 4 aliphatic carbocycles. The predicted octanol–water partition coefficient (Wildman–Crippen LogP) is 3.26. The van der Waals surface area contributed by atoms with Crippen molar-refractivity contribution in [3.63, 3.8) is 0 Å². The van der Waals surface area contributed by atoms with E-state index in [-0.39, 0.29) is 5.41 Å². The molecule has 4 fully saturated rings. The smallest absolute Gasteiger partial charge is 0.141 e. The lowest BCUT2D eigenvalue weighted by molar-refractivity contribution is -0.153. The molecule has 0 aliphatic heterocycles. The van der Waals surface area contributed by atoms with E-state index in [1.165, 1.54) is 38.5 Å². The highest BCUT2D eigenvalue weighted by molar-refractivity contribution is 5.11. The first kappa shape index (κ1) is 11.5. The second kappa shape index (κ2) is 3.26. The van der Waals surface area contributed by atoms with Gasteiger partial charge in [-0.05, 0) is 67.1 Å². The first-order valence-corrected chi connectivity index (χ1v) is 6.94. The maximum atomic E-state index is 9.72. The molecule has 0 heterocycles. The summed E-state index contributed by atoms with van der Waals surface area (Å²) in [5, 5.41) is 18.6. The third-order valence-electron chi connectivity index (χ3n) is 5.52. The fourth-order valence-electron chi connectivity index (χ4n) is 6.37. The van der Waals surface area contributed by atoms with Crippen molar-refractivity contribution in [2.75, 3.05) is 0 Å². The zero-order valence-corrected chi connectivity index (χ0v) is 11.0. The number of nitriles is 1. The maximum absolute atomic E-state index is 9.72. The van der Waals surface area contributed by atoms with Crippen LogP contribution in [0.2, 0.25) is 0 Å². The van der Waals surface area contributed by atoms with Gasteiger partial charge in [0.1, 0.15) is 6.10 Å². The van der Waals surface area contributed by atoms with E-state index in [9.17, 15) is 5.11 Å². The predicted molar refractivity (Wildman–Crippen MR) is 66.1 cm³/mol. The Bertz CT molecular complexity index is 365. The van der Waals surface area contributed by atoms with E-state index in [4.69, 9.17) is 5.26 Å². The molecule has 0 spiro atoms. The van der Waals surface area contributed by atoms with E-state index in [1.807, 2.05) is 6.07 Å². The van der Waals surface area contributed by atoms with Crippen molar-refractivity contribution in [1.29, 1.82) is 5.26 Å². The molecule has 1 N–H and O–H groups in total. The summed E-state index contributed by atoms with van der Waals surface area (Å²) in [6, 6.07) is 2.02. The molecule has 0 aromatic rings. The zero-order chi connectivity index (χ0) is 12.3. The summed E-state index contributed by atoms with van der Waals surface area (Å²) in [5.74, 6) is 0.854. The van der Waals surface area contributed by atoms with Crippen molar-refractivity contribution in [2.45, 2.75) is 64.9 Å². The number of aliphatic hydroxyl groups is 1. The molecule has 2 nitrogen and oxygen atoms in total. The highest BCUT2D eigenvalue weighted by atomic mass is 16.3. The van der Waals surface area contributed by atoms with Crippen molar-refractivity contribution < 1.29 is 5.11 Å². The van der Waals surface area contributed by atoms with E-state index >= 15 is 0 Å². The zero-order valence-electron chi connectivity index (χ0n) is 11.0. The molecule has 4 aliphatic rings. The maximum Gasteiger partial charge on any atom is 0.141 e. The third-order valence-corrected chi connectivity index (χ3v) is 5.52. The molecule has 17 heavy (non-hydrogen) atoms. The number of hydrogen-bond donors (Lipinski definition) is 1. The summed E-state index contributed by atoms with van der Waals surface area (Å²) in [6.07, 6.45) is 7.83. The molecule has 0 radical (unpaired) electrons. The topological polar surface area (TPSA) is 44.0 Å². The molecule has 5 atom stereocenters. The molecule has 94 valence electrons. The summed E-state index contributed by atoms with van der Waals surface area (Å²) in [6.45, 7) is 4.87. The number of aliphatic hydroxyl groups excluding tert-OH is 1. The van der Waals surface area contributed by atoms with Crippen LogP contribution in [0.25, 0.3) is 0 Å². The highest BCUT2D eigenvalue weighted by Crippen LogP contribution is 2.70. The number of rotatable bonds is 2. The van der Waals surface area contributed by atoms with Crippen molar-refractivity contribution >= 4 is 0 Å². The van der Waals surface area contributed by atoms with Crippen LogP contribution in [0.3, 0.4) is 0 Å². The van der Waals surface area contributed by atoms with E-state index < -0.39 is 6.10 Å². The van der Waals surface area contributed by atoms with Gasteiger partial charge in [-0.1, -0.05) is 13.8 Å². The third kappa shape index (κ3) is 1.80. The van der Waals surface area contributed by atoms with Gasteiger partial charge in [-0.25, -0.2) is 0 Å². The van der Waals surface area contributed by atoms with Crippen LogP contribution in [0.4, 0.5) is 0 Å². The van der Waals surface area contributed by atoms with Crippen LogP contribution in [-0.4, -0.2) is 11.2 Å². The van der Waals surface area contributed by atoms with Crippen LogP contribution in [0.1, 0.15) is 58.8 Å². The SMILES string of the molecule is C[C@]12CC3CC(CC(O)C#N)(C1)C[C@@](C)(C3)C2. The minimum atomic E-state index is -0.751. The van der Waals surface area contributed by atoms with Crippen LogP contribution in [0.5, 0.6) is 0 Å². The lowest BCUT2D eigenvalue weighted by Crippen LogP contribution is -2.55. The van der Waals surface area contributed by atoms with E-state index in [0.29, 0.717) is 17.3 Å². The molecule has 0 aromatic carbocycles. The van der Waals surface area contributed by atoms with Gasteiger partial charge in [0.2, 0.25) is 0 Å². The number of nitrogens with zero attached hydrogens (tertiary/aromatic N) is 1. The Morgan fingerprint density at radius 1 is 1.18 bits per heavy atom. The summed E-state index contributed by atoms with van der Waals surface area (Å²) < 4.78 is 0. The summed E-state index contributed by atoms with van der Waals surface area (Å²) in [4.78, 5) is 0. The van der Waals surface area contributed by atoms with Crippen LogP contribution in [0.15, 0.2) is 0 Å². The average Bonchev–Trinajstić information content (AvgIpc) is 2.10. The lowest BCUT2D eigenvalue weighted by atomic mass is 9.39. The molecule has 2 heteroatoms. The lowest BCUT2D eigenvalue weighted by Gasteiger charge is -2.65.